The Bertz CT molecular complexity index is 1420. The van der Waals surface area contributed by atoms with Gasteiger partial charge < -0.3 is 15.0 Å². The molecule has 0 radical (unpaired) electrons. The summed E-state index contributed by atoms with van der Waals surface area (Å²) in [5.41, 5.74) is 1.61. The Morgan fingerprint density at radius 1 is 1.03 bits per heavy atom. The fourth-order valence-corrected chi connectivity index (χ4v) is 5.54. The molecule has 3 aromatic rings. The summed E-state index contributed by atoms with van der Waals surface area (Å²) in [6, 6.07) is 15.5. The van der Waals surface area contributed by atoms with Crippen LogP contribution in [0.15, 0.2) is 60.8 Å². The Hall–Kier alpha value is -4.07. The van der Waals surface area contributed by atoms with Crippen LogP contribution in [0.3, 0.4) is 0 Å². The van der Waals surface area contributed by atoms with Crippen LogP contribution in [-0.4, -0.2) is 47.8 Å². The van der Waals surface area contributed by atoms with Crippen molar-refractivity contribution in [3.8, 4) is 11.1 Å². The molecule has 7 nitrogen and oxygen atoms in total. The molecule has 3 heterocycles. The van der Waals surface area contributed by atoms with Gasteiger partial charge in [0.05, 0.1) is 17.5 Å². The van der Waals surface area contributed by atoms with Gasteiger partial charge in [0.25, 0.3) is 5.91 Å². The van der Waals surface area contributed by atoms with Crippen LogP contribution in [0.4, 0.5) is 4.39 Å². The van der Waals surface area contributed by atoms with Crippen molar-refractivity contribution in [1.29, 1.82) is 0 Å². The van der Waals surface area contributed by atoms with E-state index in [4.69, 9.17) is 4.74 Å². The molecule has 0 bridgehead atoms. The van der Waals surface area contributed by atoms with E-state index < -0.39 is 16.8 Å². The second-order valence-electron chi connectivity index (χ2n) is 9.69. The Morgan fingerprint density at radius 2 is 1.81 bits per heavy atom. The van der Waals surface area contributed by atoms with Gasteiger partial charge in [-0.2, -0.15) is 0 Å². The number of carbonyl (C=O) groups excluding carboxylic acids is 3. The number of fused-ring (bicyclic) bond motifs is 2. The molecule has 1 aliphatic carbocycles. The molecule has 2 aromatic carbocycles. The predicted octanol–water partition coefficient (Wildman–Crippen LogP) is 3.58. The molecular formula is C28H24FN3O4. The van der Waals surface area contributed by atoms with E-state index >= 15 is 4.39 Å². The lowest BCUT2D eigenvalue weighted by Gasteiger charge is -2.27. The lowest BCUT2D eigenvalue weighted by Crippen LogP contribution is -2.40. The van der Waals surface area contributed by atoms with Crippen molar-refractivity contribution in [2.45, 2.75) is 30.3 Å². The number of esters is 1. The number of likely N-dealkylation sites (tertiary alicyclic amines) is 1. The summed E-state index contributed by atoms with van der Waals surface area (Å²) in [7, 11) is 1.53. The molecule has 2 aliphatic heterocycles. The summed E-state index contributed by atoms with van der Waals surface area (Å²) in [6.45, 7) is 0.727. The van der Waals surface area contributed by atoms with Gasteiger partial charge in [0.1, 0.15) is 11.5 Å². The van der Waals surface area contributed by atoms with Gasteiger partial charge in [0, 0.05) is 42.9 Å². The molecule has 1 unspecified atom stereocenters. The maximum atomic E-state index is 15.4. The minimum atomic E-state index is -0.891. The molecule has 182 valence electrons. The van der Waals surface area contributed by atoms with Gasteiger partial charge in [0.2, 0.25) is 5.91 Å². The minimum Gasteiger partial charge on any atom is -0.449 e. The van der Waals surface area contributed by atoms with Crippen molar-refractivity contribution in [3.63, 3.8) is 0 Å². The first-order chi connectivity index (χ1) is 17.4. The summed E-state index contributed by atoms with van der Waals surface area (Å²) < 4.78 is 21.2. The second-order valence-corrected chi connectivity index (χ2v) is 9.69. The molecule has 1 saturated heterocycles. The van der Waals surface area contributed by atoms with E-state index in [1.54, 1.807) is 41.3 Å². The monoisotopic (exact) mass is 485 g/mol. The molecule has 3 aliphatic rings. The fraction of sp³-hybridized carbons (Fsp3) is 0.286. The summed E-state index contributed by atoms with van der Waals surface area (Å²) in [5.74, 6) is -1.22. The highest BCUT2D eigenvalue weighted by molar-refractivity contribution is 5.96. The van der Waals surface area contributed by atoms with Crippen molar-refractivity contribution in [1.82, 2.24) is 15.2 Å². The number of ether oxygens (including phenoxy) is 1. The zero-order valence-electron chi connectivity index (χ0n) is 19.7. The first kappa shape index (κ1) is 22.4. The average Bonchev–Trinajstić information content (AvgIpc) is 3.52. The normalized spacial score (nSPS) is 21.3. The predicted molar refractivity (Wildman–Crippen MR) is 129 cm³/mol. The summed E-state index contributed by atoms with van der Waals surface area (Å²) in [5, 5.41) is 2.52. The number of hydrogen-bond acceptors (Lipinski definition) is 5. The van der Waals surface area contributed by atoms with E-state index in [0.29, 0.717) is 48.1 Å². The molecule has 6 rings (SSSR count). The number of amides is 2. The Labute approximate surface area is 207 Å². The van der Waals surface area contributed by atoms with E-state index in [9.17, 15) is 14.4 Å². The van der Waals surface area contributed by atoms with Crippen LogP contribution in [0.25, 0.3) is 11.1 Å². The third kappa shape index (κ3) is 3.31. The lowest BCUT2D eigenvalue weighted by atomic mass is 9.90. The van der Waals surface area contributed by atoms with E-state index in [0.717, 1.165) is 5.56 Å². The SMILES string of the molecule is CNC(=O)c1ccc(-c2ccc(C3(C(=O)N4CCC5(C4)OC(=O)c4ccccc45)CC3)c(F)c2)cn1. The zero-order valence-corrected chi connectivity index (χ0v) is 19.7. The van der Waals surface area contributed by atoms with Gasteiger partial charge in [-0.05, 0) is 36.6 Å². The van der Waals surface area contributed by atoms with Gasteiger partial charge in [0.15, 0.2) is 5.60 Å². The number of rotatable bonds is 4. The number of halogens is 1. The third-order valence-corrected chi connectivity index (χ3v) is 7.65. The molecule has 1 aromatic heterocycles. The molecule has 1 atom stereocenters. The standard InChI is InChI=1S/C28H24FN3O4/c1-30-24(33)23-9-7-18(15-31-23)17-6-8-21(22(29)14-17)27(10-11-27)26(35)32-13-12-28(16-32)20-5-3-2-4-19(20)25(34)36-28/h2-9,14-15H,10-13,16H2,1H3,(H,30,33). The number of pyridine rings is 1. The number of hydrogen-bond donors (Lipinski definition) is 1. The van der Waals surface area contributed by atoms with Gasteiger partial charge in [-0.1, -0.05) is 36.4 Å². The van der Waals surface area contributed by atoms with Crippen molar-refractivity contribution in [2.75, 3.05) is 20.1 Å². The largest absolute Gasteiger partial charge is 0.449 e. The van der Waals surface area contributed by atoms with Crippen LogP contribution in [-0.2, 0) is 20.5 Å². The summed E-state index contributed by atoms with van der Waals surface area (Å²) >= 11 is 0. The van der Waals surface area contributed by atoms with Gasteiger partial charge in [-0.15, -0.1) is 0 Å². The molecule has 1 saturated carbocycles. The third-order valence-electron chi connectivity index (χ3n) is 7.65. The molecule has 1 spiro atoms. The topological polar surface area (TPSA) is 88.6 Å². The van der Waals surface area contributed by atoms with Crippen molar-refractivity contribution >= 4 is 17.8 Å². The van der Waals surface area contributed by atoms with Crippen LogP contribution < -0.4 is 5.32 Å². The van der Waals surface area contributed by atoms with Gasteiger partial charge >= 0.3 is 5.97 Å². The number of aromatic nitrogens is 1. The molecular weight excluding hydrogens is 461 g/mol. The number of benzene rings is 2. The smallest absolute Gasteiger partial charge is 0.339 e. The molecule has 36 heavy (non-hydrogen) atoms. The van der Waals surface area contributed by atoms with Crippen LogP contribution in [0.1, 0.15) is 51.2 Å². The van der Waals surface area contributed by atoms with Crippen molar-refractivity contribution in [3.05, 3.63) is 89.0 Å². The van der Waals surface area contributed by atoms with E-state index in [2.05, 4.69) is 10.3 Å². The highest BCUT2D eigenvalue weighted by atomic mass is 19.1. The van der Waals surface area contributed by atoms with Crippen LogP contribution in [0, 0.1) is 5.82 Å². The maximum absolute atomic E-state index is 15.4. The van der Waals surface area contributed by atoms with Crippen molar-refractivity contribution < 1.29 is 23.5 Å². The van der Waals surface area contributed by atoms with Crippen LogP contribution in [0.5, 0.6) is 0 Å². The first-order valence-corrected chi connectivity index (χ1v) is 12.0. The summed E-state index contributed by atoms with van der Waals surface area (Å²) in [4.78, 5) is 43.6. The van der Waals surface area contributed by atoms with E-state index in [-0.39, 0.29) is 30.0 Å². The molecule has 2 fully saturated rings. The summed E-state index contributed by atoms with van der Waals surface area (Å²) in [6.07, 6.45) is 3.20. The highest BCUT2D eigenvalue weighted by Gasteiger charge is 2.58. The van der Waals surface area contributed by atoms with E-state index in [1.165, 1.54) is 19.3 Å². The number of nitrogens with one attached hydrogen (secondary N) is 1. The number of carbonyl (C=O) groups is 3. The average molecular weight is 486 g/mol. The lowest BCUT2D eigenvalue weighted by molar-refractivity contribution is -0.134. The van der Waals surface area contributed by atoms with Gasteiger partial charge in [-0.3, -0.25) is 14.6 Å². The minimum absolute atomic E-state index is 0.122. The zero-order chi connectivity index (χ0) is 25.1. The van der Waals surface area contributed by atoms with E-state index in [1.807, 2.05) is 12.1 Å². The second kappa shape index (κ2) is 7.98. The highest BCUT2D eigenvalue weighted by Crippen LogP contribution is 2.53. The quantitative estimate of drug-likeness (QED) is 0.571. The first-order valence-electron chi connectivity index (χ1n) is 12.0. The van der Waals surface area contributed by atoms with Gasteiger partial charge in [-0.25, -0.2) is 9.18 Å². The Kier molecular flexibility index (Phi) is 4.96. The molecule has 8 heteroatoms. The number of nitrogens with zero attached hydrogens (tertiary/aromatic N) is 2. The maximum Gasteiger partial charge on any atom is 0.339 e. The fourth-order valence-electron chi connectivity index (χ4n) is 5.54. The van der Waals surface area contributed by atoms with Crippen LogP contribution >= 0.6 is 0 Å². The van der Waals surface area contributed by atoms with Crippen molar-refractivity contribution in [2.24, 2.45) is 0 Å². The molecule has 2 amide bonds. The van der Waals surface area contributed by atoms with Crippen LogP contribution in [0.2, 0.25) is 0 Å². The Morgan fingerprint density at radius 3 is 2.50 bits per heavy atom. The Balaban J connectivity index is 1.24. The molecule has 1 N–H and O–H groups in total.